The summed E-state index contributed by atoms with van der Waals surface area (Å²) in [5.74, 6) is 0.911. The zero-order valence-electron chi connectivity index (χ0n) is 19.7. The summed E-state index contributed by atoms with van der Waals surface area (Å²) in [6, 6.07) is 9.69. The molecule has 33 heavy (non-hydrogen) atoms. The van der Waals surface area contributed by atoms with E-state index in [-0.39, 0.29) is 12.1 Å². The summed E-state index contributed by atoms with van der Waals surface area (Å²) in [6.45, 7) is 4.14. The summed E-state index contributed by atoms with van der Waals surface area (Å²) in [7, 11) is 7.38. The van der Waals surface area contributed by atoms with E-state index in [1.54, 1.807) is 24.3 Å². The molecule has 2 aromatic rings. The molecule has 0 aliphatic heterocycles. The summed E-state index contributed by atoms with van der Waals surface area (Å²) in [6.07, 6.45) is 0. The summed E-state index contributed by atoms with van der Waals surface area (Å²) in [4.78, 5) is 32.4. The highest BCUT2D eigenvalue weighted by Crippen LogP contribution is 2.28. The maximum atomic E-state index is 11.5. The number of rotatable bonds is 6. The summed E-state index contributed by atoms with van der Waals surface area (Å²) in [5, 5.41) is 8.53. The van der Waals surface area contributed by atoms with Gasteiger partial charge >= 0.3 is 12.1 Å². The Kier molecular flexibility index (Phi) is 11.8. The Morgan fingerprint density at radius 3 is 1.64 bits per heavy atom. The SMILES string of the molecule is CON(C)C(=O)Nc1ccc(C(C)C)c(Cl)c1.COc1ccc(NC(=O)N(C)OC)cc1Cl. The number of urea groups is 2. The molecule has 0 aliphatic carbocycles. The first kappa shape index (κ1) is 28.3. The van der Waals surface area contributed by atoms with Crippen molar-refractivity contribution >= 4 is 46.6 Å². The molecule has 0 unspecified atom stereocenters. The van der Waals surface area contributed by atoms with Crippen LogP contribution in [0.1, 0.15) is 25.3 Å². The van der Waals surface area contributed by atoms with E-state index in [1.807, 2.05) is 12.1 Å². The topological polar surface area (TPSA) is 92.4 Å². The molecule has 0 radical (unpaired) electrons. The Bertz CT molecular complexity index is 943. The summed E-state index contributed by atoms with van der Waals surface area (Å²) >= 11 is 12.0. The Morgan fingerprint density at radius 1 is 0.818 bits per heavy atom. The molecule has 9 nitrogen and oxygen atoms in total. The van der Waals surface area contributed by atoms with Gasteiger partial charge in [-0.25, -0.2) is 19.7 Å². The first-order valence-electron chi connectivity index (χ1n) is 9.84. The normalized spacial score (nSPS) is 10.1. The van der Waals surface area contributed by atoms with Crippen molar-refractivity contribution < 1.29 is 24.0 Å². The van der Waals surface area contributed by atoms with Crippen LogP contribution < -0.4 is 15.4 Å². The number of hydrogen-bond donors (Lipinski definition) is 2. The molecule has 0 atom stereocenters. The predicted octanol–water partition coefficient (Wildman–Crippen LogP) is 5.86. The maximum absolute atomic E-state index is 11.5. The van der Waals surface area contributed by atoms with E-state index in [0.29, 0.717) is 33.1 Å². The van der Waals surface area contributed by atoms with Gasteiger partial charge in [0.25, 0.3) is 0 Å². The average molecular weight is 501 g/mol. The van der Waals surface area contributed by atoms with E-state index < -0.39 is 0 Å². The lowest BCUT2D eigenvalue weighted by Crippen LogP contribution is -2.30. The lowest BCUT2D eigenvalue weighted by atomic mass is 10.0. The third-order valence-corrected chi connectivity index (χ3v) is 5.02. The van der Waals surface area contributed by atoms with Crippen LogP contribution in [0, 0.1) is 0 Å². The number of carbonyl (C=O) groups excluding carboxylic acids is 2. The maximum Gasteiger partial charge on any atom is 0.345 e. The molecule has 0 saturated carbocycles. The molecule has 0 spiro atoms. The van der Waals surface area contributed by atoms with Gasteiger partial charge in [0.15, 0.2) is 0 Å². The van der Waals surface area contributed by atoms with Gasteiger partial charge in [-0.3, -0.25) is 9.68 Å². The van der Waals surface area contributed by atoms with Crippen LogP contribution in [0.5, 0.6) is 5.75 Å². The number of amides is 4. The Balaban J connectivity index is 0.000000331. The van der Waals surface area contributed by atoms with E-state index in [4.69, 9.17) is 37.6 Å². The number of benzene rings is 2. The van der Waals surface area contributed by atoms with E-state index in [0.717, 1.165) is 15.7 Å². The van der Waals surface area contributed by atoms with Gasteiger partial charge in [0.1, 0.15) is 5.75 Å². The van der Waals surface area contributed by atoms with Gasteiger partial charge in [0, 0.05) is 30.5 Å². The van der Waals surface area contributed by atoms with Crippen LogP contribution in [0.15, 0.2) is 36.4 Å². The van der Waals surface area contributed by atoms with Gasteiger partial charge in [-0.2, -0.15) is 0 Å². The molecule has 2 rings (SSSR count). The number of ether oxygens (including phenoxy) is 1. The smallest absolute Gasteiger partial charge is 0.345 e. The number of methoxy groups -OCH3 is 1. The lowest BCUT2D eigenvalue weighted by molar-refractivity contribution is -0.0598. The standard InChI is InChI=1S/C12H17ClN2O2.C10H13ClN2O3/c1-8(2)10-6-5-9(7-11(10)13)14-12(16)15(3)17-4;1-13(16-3)10(14)12-7-4-5-9(15-2)8(11)6-7/h5-8H,1-4H3,(H,14,16);4-6H,1-3H3,(H,12,14). The van der Waals surface area contributed by atoms with E-state index in [1.165, 1.54) is 35.4 Å². The molecular weight excluding hydrogens is 471 g/mol. The Labute approximate surface area is 204 Å². The van der Waals surface area contributed by atoms with Gasteiger partial charge in [-0.05, 0) is 41.8 Å². The van der Waals surface area contributed by atoms with Crippen molar-refractivity contribution in [1.82, 2.24) is 10.1 Å². The number of hydrogen-bond acceptors (Lipinski definition) is 5. The molecule has 2 N–H and O–H groups in total. The fourth-order valence-corrected chi connectivity index (χ4v) is 3.04. The van der Waals surface area contributed by atoms with Crippen LogP contribution >= 0.6 is 23.2 Å². The van der Waals surface area contributed by atoms with Crippen LogP contribution in [-0.2, 0) is 9.68 Å². The van der Waals surface area contributed by atoms with E-state index >= 15 is 0 Å². The number of hydroxylamine groups is 4. The molecule has 0 heterocycles. The van der Waals surface area contributed by atoms with Crippen molar-refractivity contribution in [3.63, 3.8) is 0 Å². The van der Waals surface area contributed by atoms with Crippen LogP contribution in [0.4, 0.5) is 21.0 Å². The van der Waals surface area contributed by atoms with Crippen molar-refractivity contribution in [2.75, 3.05) is 46.1 Å². The highest BCUT2D eigenvalue weighted by molar-refractivity contribution is 6.32. The fourth-order valence-electron chi connectivity index (χ4n) is 2.39. The van der Waals surface area contributed by atoms with Crippen molar-refractivity contribution in [1.29, 1.82) is 0 Å². The molecule has 11 heteroatoms. The second-order valence-electron chi connectivity index (χ2n) is 6.96. The number of halogens is 2. The molecule has 0 saturated heterocycles. The summed E-state index contributed by atoms with van der Waals surface area (Å²) in [5.41, 5.74) is 2.28. The average Bonchev–Trinajstić information content (AvgIpc) is 2.78. The lowest BCUT2D eigenvalue weighted by Gasteiger charge is -2.15. The van der Waals surface area contributed by atoms with Crippen LogP contribution in [0.3, 0.4) is 0 Å². The van der Waals surface area contributed by atoms with Crippen molar-refractivity contribution in [2.24, 2.45) is 0 Å². The number of anilines is 2. The van der Waals surface area contributed by atoms with Crippen molar-refractivity contribution in [2.45, 2.75) is 19.8 Å². The molecular formula is C22H30Cl2N4O5. The van der Waals surface area contributed by atoms with Gasteiger partial charge in [0.05, 0.1) is 26.4 Å². The molecule has 0 bridgehead atoms. The Morgan fingerprint density at radius 2 is 1.27 bits per heavy atom. The molecule has 182 valence electrons. The molecule has 0 fully saturated rings. The monoisotopic (exact) mass is 500 g/mol. The zero-order chi connectivity index (χ0) is 25.1. The second kappa shape index (κ2) is 13.7. The fraction of sp³-hybridized carbons (Fsp3) is 0.364. The molecule has 0 aliphatic rings. The third-order valence-electron chi connectivity index (χ3n) is 4.40. The van der Waals surface area contributed by atoms with Gasteiger partial charge in [-0.1, -0.05) is 43.1 Å². The van der Waals surface area contributed by atoms with Gasteiger partial charge in [0.2, 0.25) is 0 Å². The first-order chi connectivity index (χ1) is 15.5. The highest BCUT2D eigenvalue weighted by Gasteiger charge is 2.11. The predicted molar refractivity (Wildman–Crippen MR) is 131 cm³/mol. The number of nitrogens with zero attached hydrogens (tertiary/aromatic N) is 2. The van der Waals surface area contributed by atoms with Crippen LogP contribution in [0.2, 0.25) is 10.0 Å². The second-order valence-corrected chi connectivity index (χ2v) is 7.78. The third kappa shape index (κ3) is 8.97. The molecule has 2 aromatic carbocycles. The quantitative estimate of drug-likeness (QED) is 0.484. The Hall–Kier alpha value is -2.72. The minimum Gasteiger partial charge on any atom is -0.495 e. The minimum absolute atomic E-state index is 0.346. The van der Waals surface area contributed by atoms with Gasteiger partial charge < -0.3 is 15.4 Å². The molecule has 0 aromatic heterocycles. The number of carbonyl (C=O) groups is 2. The summed E-state index contributed by atoms with van der Waals surface area (Å²) < 4.78 is 4.99. The zero-order valence-corrected chi connectivity index (χ0v) is 21.2. The first-order valence-corrected chi connectivity index (χ1v) is 10.6. The minimum atomic E-state index is -0.385. The van der Waals surface area contributed by atoms with Crippen LogP contribution in [-0.4, -0.2) is 57.6 Å². The van der Waals surface area contributed by atoms with Crippen LogP contribution in [0.25, 0.3) is 0 Å². The van der Waals surface area contributed by atoms with E-state index in [9.17, 15) is 9.59 Å². The largest absolute Gasteiger partial charge is 0.495 e. The number of nitrogens with one attached hydrogen (secondary N) is 2. The van der Waals surface area contributed by atoms with Crippen molar-refractivity contribution in [3.05, 3.63) is 52.0 Å². The van der Waals surface area contributed by atoms with Gasteiger partial charge in [-0.15, -0.1) is 0 Å². The van der Waals surface area contributed by atoms with Crippen molar-refractivity contribution in [3.8, 4) is 5.75 Å². The highest BCUT2D eigenvalue weighted by atomic mass is 35.5. The van der Waals surface area contributed by atoms with E-state index in [2.05, 4.69) is 24.5 Å². The molecule has 4 amide bonds.